The average Bonchev–Trinajstić information content (AvgIpc) is 2.21. The number of fused-ring (bicyclic) bond motifs is 1. The number of hydrogen-bond donors (Lipinski definition) is 1. The molecule has 0 unspecified atom stereocenters. The average molecular weight is 258 g/mol. The van der Waals surface area contributed by atoms with Gasteiger partial charge in [0.2, 0.25) is 5.75 Å². The lowest BCUT2D eigenvalue weighted by molar-refractivity contribution is 0.359. The quantitative estimate of drug-likeness (QED) is 0.798. The minimum Gasteiger partial charge on any atom is -0.288 e. The molecule has 2 aromatic rings. The monoisotopic (exact) mass is 257 g/mol. The lowest BCUT2D eigenvalue weighted by atomic mass is 10.1. The zero-order valence-electron chi connectivity index (χ0n) is 7.84. The summed E-state index contributed by atoms with van der Waals surface area (Å²) in [6.45, 7) is 0. The summed E-state index contributed by atoms with van der Waals surface area (Å²) in [5.41, 5.74) is 0. The summed E-state index contributed by atoms with van der Waals surface area (Å²) in [6, 6.07) is 7.09. The Labute approximate surface area is 96.8 Å². The van der Waals surface area contributed by atoms with E-state index in [0.29, 0.717) is 5.39 Å². The summed E-state index contributed by atoms with van der Waals surface area (Å²) in [7, 11) is -4.43. The van der Waals surface area contributed by atoms with Crippen LogP contribution < -0.4 is 0 Å². The maximum Gasteiger partial charge on any atom is 0.295 e. The normalized spacial score (nSPS) is 11.9. The molecule has 0 aromatic heterocycles. The van der Waals surface area contributed by atoms with Crippen LogP contribution in [0.25, 0.3) is 10.8 Å². The van der Waals surface area contributed by atoms with Crippen molar-refractivity contribution in [2.75, 3.05) is 0 Å². The third kappa shape index (κ3) is 1.73. The molecule has 0 atom stereocenters. The van der Waals surface area contributed by atoms with E-state index in [4.69, 9.17) is 16.2 Å². The van der Waals surface area contributed by atoms with Crippen LogP contribution in [0, 0.1) is 0 Å². The Morgan fingerprint density at radius 1 is 1.12 bits per heavy atom. The highest BCUT2D eigenvalue weighted by Crippen LogP contribution is 2.36. The number of benzene rings is 2. The predicted octanol–water partition coefficient (Wildman–Crippen LogP) is 2.88. The van der Waals surface area contributed by atoms with Gasteiger partial charge in [0.1, 0.15) is 4.90 Å². The number of rotatable bonds is 1. The standard InChI is InChI=1S/C10H6ClO4S/c11-7-5-4-6-2-1-3-8(16(13,14)15)9(6)10(7)12/h1-5H,(H,13,14,15). The molecular weight excluding hydrogens is 252 g/mol. The van der Waals surface area contributed by atoms with Gasteiger partial charge in [-0.25, -0.2) is 0 Å². The van der Waals surface area contributed by atoms with Gasteiger partial charge in [0.25, 0.3) is 10.1 Å². The van der Waals surface area contributed by atoms with E-state index in [9.17, 15) is 13.5 Å². The first-order valence-corrected chi connectivity index (χ1v) is 6.09. The lowest BCUT2D eigenvalue weighted by Crippen LogP contribution is -1.98. The van der Waals surface area contributed by atoms with Crippen molar-refractivity contribution in [2.45, 2.75) is 4.90 Å². The molecule has 2 aromatic carbocycles. The van der Waals surface area contributed by atoms with E-state index >= 15 is 0 Å². The van der Waals surface area contributed by atoms with Crippen molar-refractivity contribution >= 4 is 32.5 Å². The largest absolute Gasteiger partial charge is 0.295 e. The number of hydrogen-bond acceptors (Lipinski definition) is 2. The molecule has 83 valence electrons. The topological polar surface area (TPSA) is 74.3 Å². The Morgan fingerprint density at radius 3 is 2.44 bits per heavy atom. The minimum absolute atomic E-state index is 0.0800. The molecule has 0 saturated carbocycles. The van der Waals surface area contributed by atoms with Gasteiger partial charge in [-0.15, -0.1) is 0 Å². The van der Waals surface area contributed by atoms with Gasteiger partial charge < -0.3 is 0 Å². The second-order valence-corrected chi connectivity index (χ2v) is 5.00. The van der Waals surface area contributed by atoms with Crippen molar-refractivity contribution in [1.82, 2.24) is 0 Å². The van der Waals surface area contributed by atoms with Gasteiger partial charge in [0, 0.05) is 0 Å². The Morgan fingerprint density at radius 2 is 1.81 bits per heavy atom. The highest BCUT2D eigenvalue weighted by Gasteiger charge is 2.18. The van der Waals surface area contributed by atoms with Gasteiger partial charge >= 0.3 is 0 Å². The first-order valence-electron chi connectivity index (χ1n) is 4.27. The molecular formula is C10H6ClO4S. The van der Waals surface area contributed by atoms with Gasteiger partial charge in [-0.1, -0.05) is 29.8 Å². The molecule has 0 fully saturated rings. The summed E-state index contributed by atoms with van der Waals surface area (Å²) in [5, 5.41) is 11.9. The van der Waals surface area contributed by atoms with Crippen LogP contribution in [0.4, 0.5) is 0 Å². The van der Waals surface area contributed by atoms with E-state index in [1.54, 1.807) is 6.07 Å². The van der Waals surface area contributed by atoms with Gasteiger partial charge in [0.05, 0.1) is 10.4 Å². The fourth-order valence-electron chi connectivity index (χ4n) is 1.50. The third-order valence-corrected chi connectivity index (χ3v) is 3.38. The van der Waals surface area contributed by atoms with Crippen molar-refractivity contribution in [2.24, 2.45) is 0 Å². The van der Waals surface area contributed by atoms with Crippen molar-refractivity contribution < 1.29 is 18.1 Å². The van der Waals surface area contributed by atoms with E-state index in [1.807, 2.05) is 0 Å². The second-order valence-electron chi connectivity index (χ2n) is 3.21. The van der Waals surface area contributed by atoms with Crippen LogP contribution in [0.15, 0.2) is 35.2 Å². The van der Waals surface area contributed by atoms with Crippen LogP contribution in [-0.4, -0.2) is 13.0 Å². The molecule has 0 aliphatic carbocycles. The Bertz CT molecular complexity index is 664. The third-order valence-electron chi connectivity index (χ3n) is 2.19. The van der Waals surface area contributed by atoms with E-state index in [2.05, 4.69) is 0 Å². The Hall–Kier alpha value is -1.30. The molecule has 6 heteroatoms. The van der Waals surface area contributed by atoms with Crippen LogP contribution in [-0.2, 0) is 15.2 Å². The smallest absolute Gasteiger partial charge is 0.288 e. The Kier molecular flexibility index (Phi) is 2.53. The summed E-state index contributed by atoms with van der Waals surface area (Å²) < 4.78 is 31.2. The molecule has 0 amide bonds. The van der Waals surface area contributed by atoms with Crippen LogP contribution >= 0.6 is 11.6 Å². The molecule has 0 aliphatic heterocycles. The molecule has 4 nitrogen and oxygen atoms in total. The fraction of sp³-hybridized carbons (Fsp3) is 0. The van der Waals surface area contributed by atoms with E-state index < -0.39 is 20.8 Å². The van der Waals surface area contributed by atoms with E-state index in [0.717, 1.165) is 6.07 Å². The highest BCUT2D eigenvalue weighted by atomic mass is 35.5. The predicted molar refractivity (Wildman–Crippen MR) is 58.9 cm³/mol. The van der Waals surface area contributed by atoms with Crippen molar-refractivity contribution in [3.05, 3.63) is 35.4 Å². The SMILES string of the molecule is [O]c1c(Cl)ccc2cccc(S(=O)(=O)O)c12. The van der Waals surface area contributed by atoms with Gasteiger partial charge in [0.15, 0.2) is 0 Å². The van der Waals surface area contributed by atoms with E-state index in [-0.39, 0.29) is 10.4 Å². The molecule has 1 N–H and O–H groups in total. The van der Waals surface area contributed by atoms with Crippen LogP contribution in [0.5, 0.6) is 5.75 Å². The van der Waals surface area contributed by atoms with Gasteiger partial charge in [-0.3, -0.25) is 9.66 Å². The maximum absolute atomic E-state index is 11.7. The molecule has 16 heavy (non-hydrogen) atoms. The molecule has 0 heterocycles. The summed E-state index contributed by atoms with van der Waals surface area (Å²) in [4.78, 5) is -0.419. The zero-order valence-corrected chi connectivity index (χ0v) is 9.42. The molecule has 1 radical (unpaired) electrons. The molecule has 0 aliphatic rings. The summed E-state index contributed by atoms with van der Waals surface area (Å²) in [5.74, 6) is -0.604. The molecule has 2 rings (SSSR count). The van der Waals surface area contributed by atoms with Crippen LogP contribution in [0.2, 0.25) is 5.02 Å². The Balaban J connectivity index is 3.02. The highest BCUT2D eigenvalue weighted by molar-refractivity contribution is 7.86. The molecule has 0 bridgehead atoms. The fourth-order valence-corrected chi connectivity index (χ4v) is 2.38. The molecule has 0 spiro atoms. The minimum atomic E-state index is -4.43. The summed E-state index contributed by atoms with van der Waals surface area (Å²) >= 11 is 5.62. The maximum atomic E-state index is 11.7. The van der Waals surface area contributed by atoms with Gasteiger partial charge in [-0.05, 0) is 17.5 Å². The van der Waals surface area contributed by atoms with Crippen LogP contribution in [0.3, 0.4) is 0 Å². The van der Waals surface area contributed by atoms with Crippen molar-refractivity contribution in [3.63, 3.8) is 0 Å². The van der Waals surface area contributed by atoms with Crippen molar-refractivity contribution in [3.8, 4) is 5.75 Å². The first kappa shape index (κ1) is 11.2. The first-order chi connectivity index (χ1) is 7.41. The molecule has 0 saturated heterocycles. The van der Waals surface area contributed by atoms with Gasteiger partial charge in [-0.2, -0.15) is 8.42 Å². The zero-order chi connectivity index (χ0) is 11.9. The number of halogens is 1. The van der Waals surface area contributed by atoms with Crippen LogP contribution in [0.1, 0.15) is 0 Å². The second kappa shape index (κ2) is 3.62. The summed E-state index contributed by atoms with van der Waals surface area (Å²) in [6.07, 6.45) is 0. The lowest BCUT2D eigenvalue weighted by Gasteiger charge is -2.05. The van der Waals surface area contributed by atoms with E-state index in [1.165, 1.54) is 18.2 Å². The van der Waals surface area contributed by atoms with Crippen molar-refractivity contribution in [1.29, 1.82) is 0 Å².